The Bertz CT molecular complexity index is 250. The topological polar surface area (TPSA) is 39.8 Å². The molecule has 0 unspecified atom stereocenters. The van der Waals surface area contributed by atoms with E-state index in [0.29, 0.717) is 12.1 Å². The van der Waals surface area contributed by atoms with Gasteiger partial charge in [-0.15, -0.1) is 0 Å². The van der Waals surface area contributed by atoms with Gasteiger partial charge in [0, 0.05) is 30.5 Å². The molecule has 2 heterocycles. The fourth-order valence-electron chi connectivity index (χ4n) is 1.97. The van der Waals surface area contributed by atoms with Gasteiger partial charge in [0.2, 0.25) is 0 Å². The maximum Gasteiger partial charge on any atom is 0.0444 e. The maximum atomic E-state index is 3.53. The summed E-state index contributed by atoms with van der Waals surface area (Å²) >= 11 is 0. The lowest BCUT2D eigenvalue weighted by Crippen LogP contribution is -2.35. The maximum absolute atomic E-state index is 3.53. The fraction of sp³-hybridized carbons (Fsp3) is 0.636. The third kappa shape index (κ3) is 2.36. The van der Waals surface area contributed by atoms with Crippen molar-refractivity contribution in [3.8, 4) is 0 Å². The molecule has 2 atom stereocenters. The van der Waals surface area contributed by atoms with Crippen LogP contribution in [-0.4, -0.2) is 24.1 Å². The van der Waals surface area contributed by atoms with Crippen molar-refractivity contribution in [2.45, 2.75) is 31.8 Å². The molecule has 1 aromatic heterocycles. The zero-order valence-corrected chi connectivity index (χ0v) is 8.72. The molecule has 3 heteroatoms. The standard InChI is InChI=1S/C11H19N3/c1-9(11-5-3-7-13-11)14-8-10-4-2-6-12-10/h3,5,7,9-10,12-14H,2,4,6,8H2,1H3/t9-,10-/m1/s1. The van der Waals surface area contributed by atoms with Gasteiger partial charge in [0.25, 0.3) is 0 Å². The molecule has 1 fully saturated rings. The van der Waals surface area contributed by atoms with E-state index in [1.165, 1.54) is 25.1 Å². The highest BCUT2D eigenvalue weighted by Gasteiger charge is 2.14. The van der Waals surface area contributed by atoms with Gasteiger partial charge in [0.15, 0.2) is 0 Å². The van der Waals surface area contributed by atoms with Crippen LogP contribution in [-0.2, 0) is 0 Å². The van der Waals surface area contributed by atoms with Crippen molar-refractivity contribution in [1.82, 2.24) is 15.6 Å². The summed E-state index contributed by atoms with van der Waals surface area (Å²) in [6.07, 6.45) is 4.61. The van der Waals surface area contributed by atoms with E-state index in [9.17, 15) is 0 Å². The lowest BCUT2D eigenvalue weighted by atomic mass is 10.2. The Morgan fingerprint density at radius 1 is 1.64 bits per heavy atom. The van der Waals surface area contributed by atoms with Gasteiger partial charge in [-0.25, -0.2) is 0 Å². The van der Waals surface area contributed by atoms with Crippen molar-refractivity contribution < 1.29 is 0 Å². The van der Waals surface area contributed by atoms with Crippen molar-refractivity contribution >= 4 is 0 Å². The van der Waals surface area contributed by atoms with E-state index in [0.717, 1.165) is 6.54 Å². The first-order valence-corrected chi connectivity index (χ1v) is 5.46. The van der Waals surface area contributed by atoms with E-state index in [1.54, 1.807) is 0 Å². The summed E-state index contributed by atoms with van der Waals surface area (Å²) in [5.41, 5.74) is 1.27. The van der Waals surface area contributed by atoms with E-state index in [1.807, 2.05) is 12.3 Å². The number of rotatable bonds is 4. The Kier molecular flexibility index (Phi) is 3.22. The Balaban J connectivity index is 1.74. The number of hydrogen-bond donors (Lipinski definition) is 3. The van der Waals surface area contributed by atoms with Crippen LogP contribution in [0.2, 0.25) is 0 Å². The van der Waals surface area contributed by atoms with Gasteiger partial charge < -0.3 is 15.6 Å². The summed E-state index contributed by atoms with van der Waals surface area (Å²) in [6, 6.07) is 5.26. The van der Waals surface area contributed by atoms with Crippen LogP contribution in [0.15, 0.2) is 18.3 Å². The second kappa shape index (κ2) is 4.62. The van der Waals surface area contributed by atoms with Crippen LogP contribution in [0.3, 0.4) is 0 Å². The van der Waals surface area contributed by atoms with E-state index in [2.05, 4.69) is 28.6 Å². The van der Waals surface area contributed by atoms with Crippen LogP contribution < -0.4 is 10.6 Å². The number of aromatic nitrogens is 1. The quantitative estimate of drug-likeness (QED) is 0.676. The molecule has 1 aliphatic heterocycles. The lowest BCUT2D eigenvalue weighted by molar-refractivity contribution is 0.485. The molecule has 78 valence electrons. The predicted molar refractivity (Wildman–Crippen MR) is 58.2 cm³/mol. The highest BCUT2D eigenvalue weighted by molar-refractivity contribution is 5.07. The van der Waals surface area contributed by atoms with Crippen LogP contribution in [0.1, 0.15) is 31.5 Å². The first kappa shape index (κ1) is 9.74. The molecule has 1 saturated heterocycles. The monoisotopic (exact) mass is 193 g/mol. The second-order valence-electron chi connectivity index (χ2n) is 4.05. The molecule has 1 aliphatic rings. The summed E-state index contributed by atoms with van der Waals surface area (Å²) in [5.74, 6) is 0. The van der Waals surface area contributed by atoms with Crippen molar-refractivity contribution in [2.24, 2.45) is 0 Å². The van der Waals surface area contributed by atoms with Crippen LogP contribution >= 0.6 is 0 Å². The molecule has 0 spiro atoms. The number of aromatic amines is 1. The average Bonchev–Trinajstić information content (AvgIpc) is 2.87. The highest BCUT2D eigenvalue weighted by Crippen LogP contribution is 2.10. The van der Waals surface area contributed by atoms with Crippen molar-refractivity contribution in [3.63, 3.8) is 0 Å². The van der Waals surface area contributed by atoms with Gasteiger partial charge in [0.05, 0.1) is 0 Å². The van der Waals surface area contributed by atoms with Gasteiger partial charge in [-0.2, -0.15) is 0 Å². The number of nitrogens with one attached hydrogen (secondary N) is 3. The Labute approximate surface area is 85.3 Å². The molecule has 0 amide bonds. The molecule has 0 aliphatic carbocycles. The second-order valence-corrected chi connectivity index (χ2v) is 4.05. The molecule has 0 bridgehead atoms. The smallest absolute Gasteiger partial charge is 0.0444 e. The third-order valence-corrected chi connectivity index (χ3v) is 2.92. The zero-order chi connectivity index (χ0) is 9.80. The van der Waals surface area contributed by atoms with Crippen LogP contribution in [0.25, 0.3) is 0 Å². The minimum Gasteiger partial charge on any atom is -0.364 e. The van der Waals surface area contributed by atoms with E-state index in [-0.39, 0.29) is 0 Å². The number of H-pyrrole nitrogens is 1. The van der Waals surface area contributed by atoms with Gasteiger partial charge in [-0.1, -0.05) is 0 Å². The van der Waals surface area contributed by atoms with Gasteiger partial charge in [-0.3, -0.25) is 0 Å². The Hall–Kier alpha value is -0.800. The summed E-state index contributed by atoms with van der Waals surface area (Å²) < 4.78 is 0. The predicted octanol–water partition coefficient (Wildman–Crippen LogP) is 1.42. The summed E-state index contributed by atoms with van der Waals surface area (Å²) in [5, 5.41) is 7.02. The summed E-state index contributed by atoms with van der Waals surface area (Å²) in [7, 11) is 0. The zero-order valence-electron chi connectivity index (χ0n) is 8.72. The third-order valence-electron chi connectivity index (χ3n) is 2.92. The minimum absolute atomic E-state index is 0.424. The normalized spacial score (nSPS) is 23.9. The summed E-state index contributed by atoms with van der Waals surface area (Å²) in [6.45, 7) is 4.45. The Morgan fingerprint density at radius 3 is 3.21 bits per heavy atom. The van der Waals surface area contributed by atoms with Gasteiger partial charge in [0.1, 0.15) is 0 Å². The molecule has 0 radical (unpaired) electrons. The molecular formula is C11H19N3. The van der Waals surface area contributed by atoms with Crippen molar-refractivity contribution in [3.05, 3.63) is 24.0 Å². The summed E-state index contributed by atoms with van der Waals surface area (Å²) in [4.78, 5) is 3.23. The lowest BCUT2D eigenvalue weighted by Gasteiger charge is -2.16. The van der Waals surface area contributed by atoms with Crippen LogP contribution in [0.4, 0.5) is 0 Å². The van der Waals surface area contributed by atoms with E-state index < -0.39 is 0 Å². The highest BCUT2D eigenvalue weighted by atomic mass is 15.0. The van der Waals surface area contributed by atoms with E-state index >= 15 is 0 Å². The Morgan fingerprint density at radius 2 is 2.57 bits per heavy atom. The van der Waals surface area contributed by atoms with Gasteiger partial charge >= 0.3 is 0 Å². The SMILES string of the molecule is C[C@@H](NC[C@H]1CCCN1)c1ccc[nH]1. The molecule has 3 N–H and O–H groups in total. The first-order chi connectivity index (χ1) is 6.86. The van der Waals surface area contributed by atoms with Gasteiger partial charge in [-0.05, 0) is 38.4 Å². The minimum atomic E-state index is 0.424. The molecule has 1 aromatic rings. The molecule has 3 nitrogen and oxygen atoms in total. The average molecular weight is 193 g/mol. The fourth-order valence-corrected chi connectivity index (χ4v) is 1.97. The molecule has 2 rings (SSSR count). The van der Waals surface area contributed by atoms with Crippen LogP contribution in [0.5, 0.6) is 0 Å². The number of hydrogen-bond acceptors (Lipinski definition) is 2. The molecule has 14 heavy (non-hydrogen) atoms. The molecular weight excluding hydrogens is 174 g/mol. The molecule has 0 aromatic carbocycles. The largest absolute Gasteiger partial charge is 0.364 e. The first-order valence-electron chi connectivity index (χ1n) is 5.46. The van der Waals surface area contributed by atoms with Crippen LogP contribution in [0, 0.1) is 0 Å². The van der Waals surface area contributed by atoms with E-state index in [4.69, 9.17) is 0 Å². The van der Waals surface area contributed by atoms with Crippen molar-refractivity contribution in [2.75, 3.05) is 13.1 Å². The van der Waals surface area contributed by atoms with Crippen molar-refractivity contribution in [1.29, 1.82) is 0 Å². The molecule has 0 saturated carbocycles.